The number of nitrogens with two attached hydrogens (primary N) is 1. The lowest BCUT2D eigenvalue weighted by atomic mass is 9.76. The van der Waals surface area contributed by atoms with Crippen molar-refractivity contribution < 1.29 is 24.5 Å². The molecule has 134 valence electrons. The van der Waals surface area contributed by atoms with Gasteiger partial charge in [-0.05, 0) is 24.1 Å². The lowest BCUT2D eigenvalue weighted by Gasteiger charge is -2.34. The summed E-state index contributed by atoms with van der Waals surface area (Å²) in [6.07, 6.45) is 0.258. The number of para-hydroxylation sites is 1. The van der Waals surface area contributed by atoms with Gasteiger partial charge in [-0.2, -0.15) is 0 Å². The molecule has 1 heterocycles. The first-order chi connectivity index (χ1) is 12.4. The van der Waals surface area contributed by atoms with Gasteiger partial charge in [0.15, 0.2) is 0 Å². The van der Waals surface area contributed by atoms with Gasteiger partial charge < -0.3 is 20.7 Å². The lowest BCUT2D eigenvalue weighted by molar-refractivity contribution is -0.145. The fourth-order valence-electron chi connectivity index (χ4n) is 4.09. The Kier molecular flexibility index (Phi) is 3.56. The molecule has 26 heavy (non-hydrogen) atoms. The maximum Gasteiger partial charge on any atom is 0.328 e. The number of ether oxygens (including phenoxy) is 1. The molecule has 6 heteroatoms. The number of carbonyl (C=O) groups is 2. The molecule has 0 radical (unpaired) electrons. The Labute approximate surface area is 150 Å². The van der Waals surface area contributed by atoms with Gasteiger partial charge >= 0.3 is 11.9 Å². The van der Waals surface area contributed by atoms with Crippen LogP contribution >= 0.6 is 0 Å². The van der Waals surface area contributed by atoms with Gasteiger partial charge in [-0.3, -0.25) is 4.79 Å². The largest absolute Gasteiger partial charge is 0.481 e. The third-order valence-corrected chi connectivity index (χ3v) is 5.60. The number of carboxylic acid groups (broad SMARTS) is 2. The van der Waals surface area contributed by atoms with E-state index in [-0.39, 0.29) is 12.3 Å². The van der Waals surface area contributed by atoms with Crippen LogP contribution in [0, 0.1) is 11.8 Å². The molecular formula is C20H19NO5. The smallest absolute Gasteiger partial charge is 0.328 e. The Bertz CT molecular complexity index is 924. The summed E-state index contributed by atoms with van der Waals surface area (Å²) in [5.41, 5.74) is 6.71. The first kappa shape index (κ1) is 16.6. The van der Waals surface area contributed by atoms with Crippen LogP contribution in [0.15, 0.2) is 42.5 Å². The van der Waals surface area contributed by atoms with Gasteiger partial charge in [-0.15, -0.1) is 0 Å². The van der Waals surface area contributed by atoms with Crippen molar-refractivity contribution >= 4 is 11.9 Å². The van der Waals surface area contributed by atoms with Gasteiger partial charge in [-0.25, -0.2) is 4.79 Å². The van der Waals surface area contributed by atoms with E-state index in [4.69, 9.17) is 10.5 Å². The Balaban J connectivity index is 1.87. The van der Waals surface area contributed by atoms with Crippen molar-refractivity contribution in [3.05, 3.63) is 59.2 Å². The molecule has 4 atom stereocenters. The first-order valence-electron chi connectivity index (χ1n) is 8.51. The second kappa shape index (κ2) is 5.57. The van der Waals surface area contributed by atoms with E-state index in [2.05, 4.69) is 0 Å². The summed E-state index contributed by atoms with van der Waals surface area (Å²) in [7, 11) is 0. The zero-order valence-electron chi connectivity index (χ0n) is 14.2. The summed E-state index contributed by atoms with van der Waals surface area (Å²) in [4.78, 5) is 23.5. The predicted molar refractivity (Wildman–Crippen MR) is 93.2 cm³/mol. The van der Waals surface area contributed by atoms with Crippen molar-refractivity contribution in [3.8, 4) is 11.5 Å². The summed E-state index contributed by atoms with van der Waals surface area (Å²) >= 11 is 0. The van der Waals surface area contributed by atoms with E-state index in [1.54, 1.807) is 18.2 Å². The highest BCUT2D eigenvalue weighted by Gasteiger charge is 2.60. The molecule has 4 N–H and O–H groups in total. The second-order valence-electron chi connectivity index (χ2n) is 7.04. The number of fused-ring (bicyclic) bond motifs is 2. The highest BCUT2D eigenvalue weighted by atomic mass is 16.5. The highest BCUT2D eigenvalue weighted by Crippen LogP contribution is 2.54. The summed E-state index contributed by atoms with van der Waals surface area (Å²) in [6.45, 7) is 1.98. The van der Waals surface area contributed by atoms with Crippen LogP contribution in [0.2, 0.25) is 0 Å². The predicted octanol–water partition coefficient (Wildman–Crippen LogP) is 2.90. The Hall–Kier alpha value is -2.86. The summed E-state index contributed by atoms with van der Waals surface area (Å²) in [6, 6.07) is 12.8. The van der Waals surface area contributed by atoms with Crippen LogP contribution in [0.4, 0.5) is 0 Å². The minimum atomic E-state index is -1.77. The number of rotatable bonds is 4. The Morgan fingerprint density at radius 3 is 2.46 bits per heavy atom. The van der Waals surface area contributed by atoms with E-state index in [9.17, 15) is 19.8 Å². The number of hydrogen-bond acceptors (Lipinski definition) is 4. The van der Waals surface area contributed by atoms with E-state index < -0.39 is 29.3 Å². The first-order valence-corrected chi connectivity index (χ1v) is 8.51. The third kappa shape index (κ3) is 2.22. The maximum atomic E-state index is 12.2. The van der Waals surface area contributed by atoms with E-state index >= 15 is 0 Å². The topological polar surface area (TPSA) is 110 Å². The van der Waals surface area contributed by atoms with Crippen LogP contribution < -0.4 is 10.5 Å². The number of carboxylic acids is 2. The molecule has 0 aromatic heterocycles. The fraction of sp³-hybridized carbons (Fsp3) is 0.300. The SMILES string of the molecule is CC1c2ccccc2Oc2cccc([C@@](N)(C(=O)O)[C@H]3C[C@@H]3C(=O)O)c21. The van der Waals surface area contributed by atoms with E-state index in [0.717, 1.165) is 11.3 Å². The number of hydrogen-bond donors (Lipinski definition) is 3. The summed E-state index contributed by atoms with van der Waals surface area (Å²) in [5, 5.41) is 19.2. The van der Waals surface area contributed by atoms with Gasteiger partial charge in [0, 0.05) is 23.0 Å². The van der Waals surface area contributed by atoms with E-state index in [1.165, 1.54) is 0 Å². The number of aliphatic carboxylic acids is 2. The molecule has 0 amide bonds. The van der Waals surface area contributed by atoms with Crippen LogP contribution in [0.25, 0.3) is 0 Å². The van der Waals surface area contributed by atoms with Crippen LogP contribution in [0.5, 0.6) is 11.5 Å². The lowest BCUT2D eigenvalue weighted by Crippen LogP contribution is -2.49. The zero-order valence-corrected chi connectivity index (χ0v) is 14.2. The van der Waals surface area contributed by atoms with Crippen molar-refractivity contribution in [1.82, 2.24) is 0 Å². The standard InChI is InChI=1S/C20H19NO5/c1-10-11-5-2-3-7-15(11)26-16-8-4-6-13(17(10)16)20(21,19(24)25)14-9-12(14)18(22)23/h2-8,10,12,14H,9,21H2,1H3,(H,22,23)(H,24,25)/t10?,12-,14-,20-/m0/s1. The van der Waals surface area contributed by atoms with E-state index in [0.29, 0.717) is 16.9 Å². The van der Waals surface area contributed by atoms with Gasteiger partial charge in [-0.1, -0.05) is 37.3 Å². The molecule has 0 spiro atoms. The number of benzene rings is 2. The monoisotopic (exact) mass is 353 g/mol. The summed E-state index contributed by atoms with van der Waals surface area (Å²) in [5.74, 6) is -2.42. The van der Waals surface area contributed by atoms with Crippen molar-refractivity contribution in [2.24, 2.45) is 17.6 Å². The van der Waals surface area contributed by atoms with E-state index in [1.807, 2.05) is 31.2 Å². The maximum absolute atomic E-state index is 12.2. The molecule has 0 saturated heterocycles. The molecule has 6 nitrogen and oxygen atoms in total. The summed E-state index contributed by atoms with van der Waals surface area (Å²) < 4.78 is 5.97. The highest BCUT2D eigenvalue weighted by molar-refractivity contribution is 5.86. The quantitative estimate of drug-likeness (QED) is 0.779. The molecule has 2 aromatic carbocycles. The average molecular weight is 353 g/mol. The van der Waals surface area contributed by atoms with Gasteiger partial charge in [0.2, 0.25) is 0 Å². The minimum Gasteiger partial charge on any atom is -0.481 e. The van der Waals surface area contributed by atoms with Crippen molar-refractivity contribution in [3.63, 3.8) is 0 Å². The van der Waals surface area contributed by atoms with Crippen LogP contribution in [-0.2, 0) is 15.1 Å². The van der Waals surface area contributed by atoms with Crippen LogP contribution in [0.3, 0.4) is 0 Å². The molecule has 2 aromatic rings. The Morgan fingerprint density at radius 1 is 1.12 bits per heavy atom. The fourth-order valence-corrected chi connectivity index (χ4v) is 4.09. The van der Waals surface area contributed by atoms with Crippen molar-refractivity contribution in [1.29, 1.82) is 0 Å². The van der Waals surface area contributed by atoms with Gasteiger partial charge in [0.05, 0.1) is 5.92 Å². The Morgan fingerprint density at radius 2 is 1.81 bits per heavy atom. The molecule has 1 fully saturated rings. The van der Waals surface area contributed by atoms with Crippen molar-refractivity contribution in [2.45, 2.75) is 24.8 Å². The third-order valence-electron chi connectivity index (χ3n) is 5.60. The average Bonchev–Trinajstić information content (AvgIpc) is 3.42. The molecule has 4 rings (SSSR count). The molecule has 0 bridgehead atoms. The molecule has 2 aliphatic rings. The molecule has 1 unspecified atom stereocenters. The van der Waals surface area contributed by atoms with Crippen LogP contribution in [-0.4, -0.2) is 22.2 Å². The van der Waals surface area contributed by atoms with Gasteiger partial charge in [0.25, 0.3) is 0 Å². The second-order valence-corrected chi connectivity index (χ2v) is 7.04. The minimum absolute atomic E-state index is 0.115. The molecular weight excluding hydrogens is 334 g/mol. The normalized spacial score (nSPS) is 25.2. The molecule has 1 saturated carbocycles. The molecule has 1 aliphatic heterocycles. The van der Waals surface area contributed by atoms with Crippen molar-refractivity contribution in [2.75, 3.05) is 0 Å². The molecule has 1 aliphatic carbocycles. The van der Waals surface area contributed by atoms with Gasteiger partial charge in [0.1, 0.15) is 17.0 Å². The van der Waals surface area contributed by atoms with Crippen LogP contribution in [0.1, 0.15) is 36.0 Å². The zero-order chi connectivity index (χ0) is 18.6.